The lowest BCUT2D eigenvalue weighted by Gasteiger charge is -2.02. The lowest BCUT2D eigenvalue weighted by Crippen LogP contribution is -2.18. The van der Waals surface area contributed by atoms with Crippen molar-refractivity contribution in [3.05, 3.63) is 51.1 Å². The molecule has 0 unspecified atom stereocenters. The van der Waals surface area contributed by atoms with Crippen molar-refractivity contribution in [2.24, 2.45) is 5.10 Å². The Kier molecular flexibility index (Phi) is 4.15. The maximum Gasteiger partial charge on any atom is 0.276 e. The van der Waals surface area contributed by atoms with Crippen LogP contribution in [0.2, 0.25) is 0 Å². The smallest absolute Gasteiger partial charge is 0.200 e. The van der Waals surface area contributed by atoms with Crippen molar-refractivity contribution >= 4 is 43.5 Å². The normalized spacial score (nSPS) is 11.8. The molecule has 0 amide bonds. The van der Waals surface area contributed by atoms with Gasteiger partial charge >= 0.3 is 0 Å². The second-order valence-corrected chi connectivity index (χ2v) is 6.88. The number of sulfonamides is 1. The van der Waals surface area contributed by atoms with Crippen molar-refractivity contribution in [1.82, 2.24) is 4.83 Å². The highest BCUT2D eigenvalue weighted by atomic mass is 79.9. The van der Waals surface area contributed by atoms with Crippen LogP contribution in [-0.4, -0.2) is 14.6 Å². The first-order valence-electron chi connectivity index (χ1n) is 4.92. The molecule has 0 atom stereocenters. The Bertz CT molecular complexity index is 634. The summed E-state index contributed by atoms with van der Waals surface area (Å²) in [6.07, 6.45) is 1.47. The molecular formula is C11H9BrN2O2S2. The molecule has 18 heavy (non-hydrogen) atoms. The topological polar surface area (TPSA) is 58.5 Å². The molecule has 1 aromatic heterocycles. The standard InChI is InChI=1S/C11H9BrN2O2S2/c12-9-3-5-11(6-4-9)18(15,16)14-13-8-10-2-1-7-17-10/h1-8,14H/b13-8+. The average Bonchev–Trinajstić information content (AvgIpc) is 2.82. The third-order valence-corrected chi connectivity index (χ3v) is 4.61. The Morgan fingerprint density at radius 1 is 1.22 bits per heavy atom. The Labute approximate surface area is 118 Å². The summed E-state index contributed by atoms with van der Waals surface area (Å²) in [6, 6.07) is 10.1. The monoisotopic (exact) mass is 344 g/mol. The highest BCUT2D eigenvalue weighted by Crippen LogP contribution is 2.14. The van der Waals surface area contributed by atoms with E-state index in [9.17, 15) is 8.42 Å². The number of hydrogen-bond acceptors (Lipinski definition) is 4. The van der Waals surface area contributed by atoms with Gasteiger partial charge in [0, 0.05) is 9.35 Å². The zero-order chi connectivity index (χ0) is 13.0. The van der Waals surface area contributed by atoms with Gasteiger partial charge in [-0.05, 0) is 35.7 Å². The van der Waals surface area contributed by atoms with Crippen molar-refractivity contribution in [3.63, 3.8) is 0 Å². The van der Waals surface area contributed by atoms with E-state index in [1.807, 2.05) is 17.5 Å². The van der Waals surface area contributed by atoms with Gasteiger partial charge in [-0.1, -0.05) is 22.0 Å². The SMILES string of the molecule is O=S(=O)(N/N=C/c1cccs1)c1ccc(Br)cc1. The summed E-state index contributed by atoms with van der Waals surface area (Å²) in [4.78, 5) is 3.22. The van der Waals surface area contributed by atoms with Crippen molar-refractivity contribution < 1.29 is 8.42 Å². The van der Waals surface area contributed by atoms with E-state index in [4.69, 9.17) is 0 Å². The van der Waals surface area contributed by atoms with E-state index in [-0.39, 0.29) is 4.90 Å². The summed E-state index contributed by atoms with van der Waals surface area (Å²) in [6.45, 7) is 0. The molecule has 94 valence electrons. The van der Waals surface area contributed by atoms with Gasteiger partial charge in [0.15, 0.2) is 0 Å². The van der Waals surface area contributed by atoms with Crippen molar-refractivity contribution in [1.29, 1.82) is 0 Å². The van der Waals surface area contributed by atoms with Crippen LogP contribution in [0.25, 0.3) is 0 Å². The molecule has 0 aliphatic carbocycles. The van der Waals surface area contributed by atoms with E-state index in [1.54, 1.807) is 12.1 Å². The number of rotatable bonds is 4. The lowest BCUT2D eigenvalue weighted by molar-refractivity contribution is 0.584. The fourth-order valence-electron chi connectivity index (χ4n) is 1.19. The minimum absolute atomic E-state index is 0.175. The molecule has 1 N–H and O–H groups in total. The average molecular weight is 345 g/mol. The predicted molar refractivity (Wildman–Crippen MR) is 76.4 cm³/mol. The Morgan fingerprint density at radius 3 is 2.56 bits per heavy atom. The molecule has 0 aliphatic heterocycles. The zero-order valence-corrected chi connectivity index (χ0v) is 12.3. The number of hydrogen-bond donors (Lipinski definition) is 1. The van der Waals surface area contributed by atoms with Crippen LogP contribution < -0.4 is 4.83 Å². The van der Waals surface area contributed by atoms with Crippen molar-refractivity contribution in [3.8, 4) is 0 Å². The lowest BCUT2D eigenvalue weighted by atomic mass is 10.4. The predicted octanol–water partition coefficient (Wildman–Crippen LogP) is 2.82. The maximum absolute atomic E-state index is 11.8. The van der Waals surface area contributed by atoms with Gasteiger partial charge in [0.1, 0.15) is 0 Å². The van der Waals surface area contributed by atoms with E-state index >= 15 is 0 Å². The quantitative estimate of drug-likeness (QED) is 0.684. The van der Waals surface area contributed by atoms with Crippen LogP contribution in [-0.2, 0) is 10.0 Å². The molecule has 0 radical (unpaired) electrons. The molecule has 0 fully saturated rings. The number of nitrogens with one attached hydrogen (secondary N) is 1. The number of thiophene rings is 1. The third kappa shape index (κ3) is 3.41. The van der Waals surface area contributed by atoms with Gasteiger partial charge in [-0.3, -0.25) is 0 Å². The summed E-state index contributed by atoms with van der Waals surface area (Å²) in [5.41, 5.74) is 0. The first-order valence-corrected chi connectivity index (χ1v) is 8.07. The van der Waals surface area contributed by atoms with Crippen LogP contribution in [0.15, 0.2) is 56.2 Å². The molecule has 0 saturated heterocycles. The highest BCUT2D eigenvalue weighted by Gasteiger charge is 2.11. The van der Waals surface area contributed by atoms with E-state index < -0.39 is 10.0 Å². The summed E-state index contributed by atoms with van der Waals surface area (Å²) < 4.78 is 24.5. The van der Waals surface area contributed by atoms with Gasteiger partial charge in [-0.2, -0.15) is 13.5 Å². The summed E-state index contributed by atoms with van der Waals surface area (Å²) >= 11 is 4.73. The maximum atomic E-state index is 11.8. The molecule has 0 bridgehead atoms. The molecule has 4 nitrogen and oxygen atoms in total. The van der Waals surface area contributed by atoms with Crippen LogP contribution in [0.4, 0.5) is 0 Å². The van der Waals surface area contributed by atoms with Gasteiger partial charge in [0.25, 0.3) is 10.0 Å². The van der Waals surface area contributed by atoms with E-state index in [2.05, 4.69) is 25.9 Å². The van der Waals surface area contributed by atoms with Gasteiger partial charge in [0.05, 0.1) is 11.1 Å². The molecule has 1 heterocycles. The summed E-state index contributed by atoms with van der Waals surface area (Å²) in [5, 5.41) is 5.61. The molecule has 1 aromatic carbocycles. The van der Waals surface area contributed by atoms with Crippen LogP contribution >= 0.6 is 27.3 Å². The molecule has 0 aliphatic rings. The van der Waals surface area contributed by atoms with E-state index in [0.29, 0.717) is 0 Å². The molecule has 0 spiro atoms. The zero-order valence-electron chi connectivity index (χ0n) is 9.08. The third-order valence-electron chi connectivity index (χ3n) is 2.03. The number of hydrazone groups is 1. The van der Waals surface area contributed by atoms with Crippen molar-refractivity contribution in [2.45, 2.75) is 4.90 Å². The van der Waals surface area contributed by atoms with Crippen molar-refractivity contribution in [2.75, 3.05) is 0 Å². The minimum atomic E-state index is -3.59. The Balaban J connectivity index is 2.10. The van der Waals surface area contributed by atoms with Gasteiger partial charge in [-0.15, -0.1) is 11.3 Å². The van der Waals surface area contributed by atoms with E-state index in [1.165, 1.54) is 29.7 Å². The first kappa shape index (κ1) is 13.3. The summed E-state index contributed by atoms with van der Waals surface area (Å²) in [5.74, 6) is 0. The minimum Gasteiger partial charge on any atom is -0.200 e. The Hall–Kier alpha value is -1.18. The fraction of sp³-hybridized carbons (Fsp3) is 0. The van der Waals surface area contributed by atoms with Crippen LogP contribution in [0.3, 0.4) is 0 Å². The Morgan fingerprint density at radius 2 is 1.94 bits per heavy atom. The number of nitrogens with zero attached hydrogens (tertiary/aromatic N) is 1. The molecule has 0 saturated carbocycles. The second-order valence-electron chi connectivity index (χ2n) is 3.32. The van der Waals surface area contributed by atoms with Crippen LogP contribution in [0.1, 0.15) is 4.88 Å². The largest absolute Gasteiger partial charge is 0.276 e. The molecule has 7 heteroatoms. The molecular weight excluding hydrogens is 336 g/mol. The van der Waals surface area contributed by atoms with Gasteiger partial charge in [0.2, 0.25) is 0 Å². The van der Waals surface area contributed by atoms with Gasteiger partial charge < -0.3 is 0 Å². The fourth-order valence-corrected chi connectivity index (χ4v) is 2.83. The molecule has 2 rings (SSSR count). The van der Waals surface area contributed by atoms with Crippen LogP contribution in [0, 0.1) is 0 Å². The van der Waals surface area contributed by atoms with E-state index in [0.717, 1.165) is 9.35 Å². The number of halogens is 1. The van der Waals surface area contributed by atoms with Gasteiger partial charge in [-0.25, -0.2) is 4.83 Å². The first-order chi connectivity index (χ1) is 8.58. The number of benzene rings is 1. The van der Waals surface area contributed by atoms with Crippen LogP contribution in [0.5, 0.6) is 0 Å². The molecule has 2 aromatic rings. The second kappa shape index (κ2) is 5.64. The highest BCUT2D eigenvalue weighted by molar-refractivity contribution is 9.10. The summed E-state index contributed by atoms with van der Waals surface area (Å²) in [7, 11) is -3.59.